The van der Waals surface area contributed by atoms with E-state index in [2.05, 4.69) is 139 Å². The minimum absolute atomic E-state index is 0.279. The number of hydrogen-bond donors (Lipinski definition) is 1. The molecule has 0 bridgehead atoms. The lowest BCUT2D eigenvalue weighted by molar-refractivity contribution is 0.674. The topological polar surface area (TPSA) is 75.4 Å². The number of aliphatic imine (C=N–C) groups is 2. The highest BCUT2D eigenvalue weighted by molar-refractivity contribution is 6.13. The molecule has 1 N–H and O–H groups in total. The zero-order chi connectivity index (χ0) is 41.5. The molecule has 1 aromatic heterocycles. The van der Waals surface area contributed by atoms with E-state index >= 15 is 0 Å². The molecule has 294 valence electrons. The van der Waals surface area contributed by atoms with Gasteiger partial charge in [-0.1, -0.05) is 231 Å². The van der Waals surface area contributed by atoms with Crippen molar-refractivity contribution in [1.82, 2.24) is 20.3 Å². The average Bonchev–Trinajstić information content (AvgIpc) is 3.37. The molecular formula is C56H40N6. The van der Waals surface area contributed by atoms with Crippen LogP contribution < -0.4 is 5.32 Å². The van der Waals surface area contributed by atoms with E-state index in [-0.39, 0.29) is 6.17 Å². The van der Waals surface area contributed by atoms with Gasteiger partial charge in [-0.05, 0) is 39.0 Å². The maximum Gasteiger partial charge on any atom is 0.164 e. The van der Waals surface area contributed by atoms with E-state index in [1.807, 2.05) is 97.1 Å². The van der Waals surface area contributed by atoms with Crippen molar-refractivity contribution in [2.45, 2.75) is 6.17 Å². The van der Waals surface area contributed by atoms with Crippen molar-refractivity contribution in [3.8, 4) is 34.2 Å². The largest absolute Gasteiger partial charge is 0.344 e. The van der Waals surface area contributed by atoms with Crippen LogP contribution >= 0.6 is 0 Å². The van der Waals surface area contributed by atoms with Crippen molar-refractivity contribution in [2.24, 2.45) is 9.98 Å². The van der Waals surface area contributed by atoms with Crippen LogP contribution in [0.2, 0.25) is 0 Å². The van der Waals surface area contributed by atoms with Gasteiger partial charge < -0.3 is 5.32 Å². The van der Waals surface area contributed by atoms with Crippen molar-refractivity contribution in [3.63, 3.8) is 0 Å². The third-order valence-electron chi connectivity index (χ3n) is 10.8. The Hall–Kier alpha value is -8.35. The summed E-state index contributed by atoms with van der Waals surface area (Å²) >= 11 is 0. The predicted octanol–water partition coefficient (Wildman–Crippen LogP) is 12.4. The third-order valence-corrected chi connectivity index (χ3v) is 10.8. The molecule has 0 amide bonds. The van der Waals surface area contributed by atoms with E-state index < -0.39 is 0 Å². The van der Waals surface area contributed by atoms with E-state index in [1.165, 1.54) is 0 Å². The molecule has 0 spiro atoms. The Kier molecular flexibility index (Phi) is 10.7. The molecule has 1 aliphatic heterocycles. The molecule has 0 fully saturated rings. The Bertz CT molecular complexity index is 2970. The molecule has 0 saturated carbocycles. The lowest BCUT2D eigenvalue weighted by Gasteiger charge is -2.24. The highest BCUT2D eigenvalue weighted by Gasteiger charge is 2.22. The minimum atomic E-state index is -0.279. The molecule has 1 atom stereocenters. The van der Waals surface area contributed by atoms with Crippen LogP contribution in [0, 0.1) is 0 Å². The maximum absolute atomic E-state index is 5.07. The molecule has 0 aliphatic carbocycles. The monoisotopic (exact) mass is 796 g/mol. The van der Waals surface area contributed by atoms with Crippen LogP contribution in [0.1, 0.15) is 45.1 Å². The number of aromatic nitrogens is 3. The fourth-order valence-electron chi connectivity index (χ4n) is 7.76. The van der Waals surface area contributed by atoms with Gasteiger partial charge in [0.15, 0.2) is 23.3 Å². The summed E-state index contributed by atoms with van der Waals surface area (Å²) in [7, 11) is 0. The van der Waals surface area contributed by atoms with E-state index in [9.17, 15) is 0 Å². The van der Waals surface area contributed by atoms with E-state index in [1.54, 1.807) is 0 Å². The van der Waals surface area contributed by atoms with Gasteiger partial charge in [-0.15, -0.1) is 0 Å². The first-order chi connectivity index (χ1) is 30.7. The van der Waals surface area contributed by atoms with E-state index in [0.717, 1.165) is 72.6 Å². The molecule has 0 radical (unpaired) electrons. The van der Waals surface area contributed by atoms with Gasteiger partial charge in [-0.2, -0.15) is 0 Å². The number of nitrogens with zero attached hydrogens (tertiary/aromatic N) is 5. The summed E-state index contributed by atoms with van der Waals surface area (Å²) in [5.74, 6) is 3.34. The van der Waals surface area contributed by atoms with Crippen LogP contribution in [0.5, 0.6) is 0 Å². The van der Waals surface area contributed by atoms with Crippen LogP contribution in [-0.2, 0) is 0 Å². The first kappa shape index (κ1) is 37.9. The summed E-state index contributed by atoms with van der Waals surface area (Å²) in [6, 6.07) is 79.1. The fourth-order valence-corrected chi connectivity index (χ4v) is 7.76. The number of rotatable bonds is 10. The molecule has 6 nitrogen and oxygen atoms in total. The van der Waals surface area contributed by atoms with Crippen LogP contribution in [0.25, 0.3) is 45.3 Å². The lowest BCUT2D eigenvalue weighted by atomic mass is 9.85. The standard InChI is InChI=1S/C56H40N6/c1-7-19-39(20-8-1)49(41-31-35-47(36-32-41)55-59-51(43-23-11-3-12-24-43)57-52(60-55)44-25-13-4-14-26-44)50(40-21-9-2-10-22-40)42-33-37-48(38-34-42)56-61-53(45-27-15-5-16-28-45)58-54(62-56)46-29-17-6-18-30-46/h1-38,51H,(H,57,59,60)/b50-49+. The van der Waals surface area contributed by atoms with Crippen LogP contribution in [0.4, 0.5) is 0 Å². The summed E-state index contributed by atoms with van der Waals surface area (Å²) < 4.78 is 0. The quantitative estimate of drug-likeness (QED) is 0.140. The first-order valence-corrected chi connectivity index (χ1v) is 20.7. The molecule has 1 aliphatic rings. The average molecular weight is 797 g/mol. The Labute approximate surface area is 361 Å². The number of nitrogens with one attached hydrogen (secondary N) is 1. The number of amidine groups is 2. The predicted molar refractivity (Wildman–Crippen MR) is 252 cm³/mol. The van der Waals surface area contributed by atoms with Gasteiger partial charge in [-0.25, -0.2) is 24.9 Å². The third kappa shape index (κ3) is 8.13. The smallest absolute Gasteiger partial charge is 0.164 e. The van der Waals surface area contributed by atoms with Gasteiger partial charge in [0.1, 0.15) is 12.0 Å². The second-order valence-corrected chi connectivity index (χ2v) is 14.9. The summed E-state index contributed by atoms with van der Waals surface area (Å²) in [6.07, 6.45) is -0.279. The Morgan fingerprint density at radius 3 is 1.10 bits per heavy atom. The Morgan fingerprint density at radius 2 is 0.661 bits per heavy atom. The zero-order valence-corrected chi connectivity index (χ0v) is 33.8. The summed E-state index contributed by atoms with van der Waals surface area (Å²) in [6.45, 7) is 0. The molecule has 1 unspecified atom stereocenters. The highest BCUT2D eigenvalue weighted by atomic mass is 15.2. The summed E-state index contributed by atoms with van der Waals surface area (Å²) in [5.41, 5.74) is 12.4. The molecular weight excluding hydrogens is 757 g/mol. The van der Waals surface area contributed by atoms with Crippen LogP contribution in [0.15, 0.2) is 241 Å². The van der Waals surface area contributed by atoms with E-state index in [0.29, 0.717) is 23.3 Å². The van der Waals surface area contributed by atoms with Crippen LogP contribution in [-0.4, -0.2) is 26.6 Å². The highest BCUT2D eigenvalue weighted by Crippen LogP contribution is 2.38. The van der Waals surface area contributed by atoms with Crippen molar-refractivity contribution < 1.29 is 0 Å². The molecule has 0 saturated heterocycles. The van der Waals surface area contributed by atoms with Crippen molar-refractivity contribution in [1.29, 1.82) is 0 Å². The molecule has 9 aromatic rings. The van der Waals surface area contributed by atoms with Gasteiger partial charge >= 0.3 is 0 Å². The fraction of sp³-hybridized carbons (Fsp3) is 0.0179. The van der Waals surface area contributed by atoms with Gasteiger partial charge in [0.25, 0.3) is 0 Å². The van der Waals surface area contributed by atoms with Gasteiger partial charge in [0.2, 0.25) is 0 Å². The molecule has 62 heavy (non-hydrogen) atoms. The Balaban J connectivity index is 1.07. The van der Waals surface area contributed by atoms with E-state index in [4.69, 9.17) is 24.9 Å². The first-order valence-electron chi connectivity index (χ1n) is 20.7. The van der Waals surface area contributed by atoms with Crippen molar-refractivity contribution in [2.75, 3.05) is 0 Å². The summed E-state index contributed by atoms with van der Waals surface area (Å²) in [4.78, 5) is 25.0. The van der Waals surface area contributed by atoms with Gasteiger partial charge in [0.05, 0.1) is 0 Å². The number of benzene rings is 8. The summed E-state index contributed by atoms with van der Waals surface area (Å²) in [5, 5.41) is 3.62. The normalized spacial score (nSPS) is 13.9. The van der Waals surface area contributed by atoms with Crippen LogP contribution in [0.3, 0.4) is 0 Å². The number of hydrogen-bond acceptors (Lipinski definition) is 6. The molecule has 8 aromatic carbocycles. The molecule has 2 heterocycles. The van der Waals surface area contributed by atoms with Crippen molar-refractivity contribution in [3.05, 3.63) is 269 Å². The second-order valence-electron chi connectivity index (χ2n) is 14.9. The SMILES string of the molecule is c1ccc(C2=NC(c3ccccc3)NC(c3ccc(/C(=C(\c4ccccc4)c4ccc(-c5nc(-c6ccccc6)nc(-c6ccccc6)n5)cc4)c4ccccc4)cc3)=N2)cc1. The molecule has 10 rings (SSSR count). The van der Waals surface area contributed by atoms with Gasteiger partial charge in [0, 0.05) is 27.8 Å². The second kappa shape index (κ2) is 17.5. The minimum Gasteiger partial charge on any atom is -0.344 e. The van der Waals surface area contributed by atoms with Crippen molar-refractivity contribution >= 4 is 22.8 Å². The molecule has 6 heteroatoms. The zero-order valence-electron chi connectivity index (χ0n) is 33.8. The van der Waals surface area contributed by atoms with Gasteiger partial charge in [-0.3, -0.25) is 0 Å². The Morgan fingerprint density at radius 1 is 0.323 bits per heavy atom. The lowest BCUT2D eigenvalue weighted by Crippen LogP contribution is -2.33. The maximum atomic E-state index is 5.07.